The van der Waals surface area contributed by atoms with Gasteiger partial charge >= 0.3 is 15.2 Å². The lowest BCUT2D eigenvalue weighted by Gasteiger charge is -2.29. The second-order valence-corrected chi connectivity index (χ2v) is 8.60. The van der Waals surface area contributed by atoms with Crippen LogP contribution in [-0.4, -0.2) is 46.4 Å². The highest BCUT2D eigenvalue weighted by Gasteiger charge is 2.59. The van der Waals surface area contributed by atoms with Gasteiger partial charge in [-0.3, -0.25) is 9.13 Å². The molecule has 0 amide bonds. The topological polar surface area (TPSA) is 162 Å². The van der Waals surface area contributed by atoms with E-state index < -0.39 is 26.8 Å². The van der Waals surface area contributed by atoms with Crippen molar-refractivity contribution in [2.45, 2.75) is 11.6 Å². The van der Waals surface area contributed by atoms with Crippen molar-refractivity contribution in [3.05, 3.63) is 24.5 Å². The number of hydrogen-bond donors (Lipinski definition) is 5. The van der Waals surface area contributed by atoms with Crippen LogP contribution < -0.4 is 4.74 Å². The van der Waals surface area contributed by atoms with Crippen LogP contribution in [0.15, 0.2) is 24.5 Å². The number of imidazole rings is 1. The van der Waals surface area contributed by atoms with Crippen molar-refractivity contribution in [2.24, 2.45) is 0 Å². The van der Waals surface area contributed by atoms with Crippen LogP contribution >= 0.6 is 15.2 Å². The average Bonchev–Trinajstić information content (AvgIpc) is 2.78. The molecule has 0 aliphatic carbocycles. The van der Waals surface area contributed by atoms with Crippen LogP contribution in [0, 0.1) is 0 Å². The smallest absolute Gasteiger partial charge is 0.371 e. The summed E-state index contributed by atoms with van der Waals surface area (Å²) in [6.07, 6.45) is 1.11. The van der Waals surface area contributed by atoms with E-state index in [1.54, 1.807) is 0 Å². The highest BCUT2D eigenvalue weighted by molar-refractivity contribution is 7.72. The van der Waals surface area contributed by atoms with E-state index in [2.05, 4.69) is 4.98 Å². The largest absolute Gasteiger partial charge is 0.497 e. The SMILES string of the molecule is COc1ccc2c(c1)ncn2CC(O)(P(=O)(O)O)P(=O)(O)O. The Hall–Kier alpha value is -1.25. The van der Waals surface area contributed by atoms with Crippen LogP contribution in [0.25, 0.3) is 11.0 Å². The molecule has 0 saturated heterocycles. The Balaban J connectivity index is 2.53. The van der Waals surface area contributed by atoms with Crippen LogP contribution in [0.4, 0.5) is 0 Å². The lowest BCUT2D eigenvalue weighted by atomic mass is 10.3. The third-order valence-corrected chi connectivity index (χ3v) is 6.86. The third kappa shape index (κ3) is 2.82. The van der Waals surface area contributed by atoms with Gasteiger partial charge in [0.2, 0.25) is 0 Å². The van der Waals surface area contributed by atoms with Crippen molar-refractivity contribution in [1.29, 1.82) is 0 Å². The first kappa shape index (κ1) is 17.1. The van der Waals surface area contributed by atoms with Crippen LogP contribution in [0.2, 0.25) is 0 Å². The first-order valence-electron chi connectivity index (χ1n) is 5.82. The molecule has 0 atom stereocenters. The summed E-state index contributed by atoms with van der Waals surface area (Å²) >= 11 is 0. The van der Waals surface area contributed by atoms with Gasteiger partial charge in [-0.15, -0.1) is 0 Å². The molecule has 0 radical (unpaired) electrons. The molecule has 2 aromatic rings. The summed E-state index contributed by atoms with van der Waals surface area (Å²) in [5.74, 6) is 0.484. The van der Waals surface area contributed by atoms with Gasteiger partial charge in [0.15, 0.2) is 0 Å². The van der Waals surface area contributed by atoms with Gasteiger partial charge < -0.3 is 34.0 Å². The Kier molecular flexibility index (Phi) is 4.23. The van der Waals surface area contributed by atoms with Crippen molar-refractivity contribution >= 4 is 26.2 Å². The van der Waals surface area contributed by atoms with Gasteiger partial charge in [-0.25, -0.2) is 4.98 Å². The fraction of sp³-hybridized carbons (Fsp3) is 0.300. The second-order valence-electron chi connectivity index (χ2n) is 4.59. The van der Waals surface area contributed by atoms with E-state index in [0.717, 1.165) is 10.9 Å². The number of rotatable bonds is 5. The van der Waals surface area contributed by atoms with E-state index in [1.165, 1.54) is 25.3 Å². The van der Waals surface area contributed by atoms with E-state index in [9.17, 15) is 14.2 Å². The number of aliphatic hydroxyl groups is 1. The molecule has 22 heavy (non-hydrogen) atoms. The molecule has 0 aliphatic rings. The number of hydrogen-bond acceptors (Lipinski definition) is 5. The summed E-state index contributed by atoms with van der Waals surface area (Å²) in [5.41, 5.74) is 0.694. The van der Waals surface area contributed by atoms with Crippen molar-refractivity contribution in [1.82, 2.24) is 9.55 Å². The molecule has 12 heteroatoms. The van der Waals surface area contributed by atoms with Gasteiger partial charge in [0.25, 0.3) is 5.08 Å². The highest BCUT2D eigenvalue weighted by Crippen LogP contribution is 2.68. The lowest BCUT2D eigenvalue weighted by molar-refractivity contribution is 0.116. The summed E-state index contributed by atoms with van der Waals surface area (Å²) in [6, 6.07) is 4.55. The molecular formula is C10H14N2O8P2. The monoisotopic (exact) mass is 352 g/mol. The number of nitrogens with zero attached hydrogens (tertiary/aromatic N) is 2. The van der Waals surface area contributed by atoms with Gasteiger partial charge in [-0.2, -0.15) is 0 Å². The van der Waals surface area contributed by atoms with Crippen LogP contribution in [-0.2, 0) is 15.7 Å². The predicted octanol–water partition coefficient (Wildman–Crippen LogP) is 0.0464. The van der Waals surface area contributed by atoms with Crippen molar-refractivity contribution < 1.29 is 38.5 Å². The minimum atomic E-state index is -5.52. The van der Waals surface area contributed by atoms with E-state index in [4.69, 9.17) is 24.3 Å². The molecule has 10 nitrogen and oxygen atoms in total. The highest BCUT2D eigenvalue weighted by atomic mass is 31.2. The molecule has 1 aromatic heterocycles. The first-order chi connectivity index (χ1) is 9.99. The molecule has 0 unspecified atom stereocenters. The van der Waals surface area contributed by atoms with E-state index in [0.29, 0.717) is 16.8 Å². The molecule has 1 aromatic carbocycles. The van der Waals surface area contributed by atoms with Crippen molar-refractivity contribution in [2.75, 3.05) is 7.11 Å². The third-order valence-electron chi connectivity index (χ3n) is 3.14. The summed E-state index contributed by atoms with van der Waals surface area (Å²) in [6.45, 7) is -1.02. The Morgan fingerprint density at radius 2 is 1.82 bits per heavy atom. The fourth-order valence-corrected chi connectivity index (χ4v) is 3.91. The Morgan fingerprint density at radius 1 is 1.23 bits per heavy atom. The lowest BCUT2D eigenvalue weighted by Crippen LogP contribution is -2.33. The summed E-state index contributed by atoms with van der Waals surface area (Å²) in [4.78, 5) is 40.5. The first-order valence-corrected chi connectivity index (χ1v) is 9.04. The molecule has 0 bridgehead atoms. The maximum Gasteiger partial charge on any atom is 0.371 e. The maximum atomic E-state index is 11.4. The summed E-state index contributed by atoms with van der Waals surface area (Å²) in [5, 5.41) is 6.38. The molecule has 0 fully saturated rings. The summed E-state index contributed by atoms with van der Waals surface area (Å²) < 4.78 is 28.8. The average molecular weight is 352 g/mol. The zero-order chi connectivity index (χ0) is 16.8. The van der Waals surface area contributed by atoms with Gasteiger partial charge in [0.05, 0.1) is 31.0 Å². The maximum absolute atomic E-state index is 11.4. The van der Waals surface area contributed by atoms with Gasteiger partial charge in [-0.05, 0) is 12.1 Å². The second kappa shape index (κ2) is 5.43. The van der Waals surface area contributed by atoms with Gasteiger partial charge in [0.1, 0.15) is 5.75 Å². The quantitative estimate of drug-likeness (QED) is 0.468. The number of benzene rings is 1. The van der Waals surface area contributed by atoms with E-state index in [-0.39, 0.29) is 0 Å². The number of fused-ring (bicyclic) bond motifs is 1. The molecule has 0 spiro atoms. The van der Waals surface area contributed by atoms with E-state index >= 15 is 0 Å². The number of ether oxygens (including phenoxy) is 1. The zero-order valence-electron chi connectivity index (χ0n) is 11.3. The number of aromatic nitrogens is 2. The number of methoxy groups -OCH3 is 1. The van der Waals surface area contributed by atoms with Crippen LogP contribution in [0.3, 0.4) is 0 Å². The van der Waals surface area contributed by atoms with Gasteiger partial charge in [-0.1, -0.05) is 0 Å². The molecule has 0 aliphatic heterocycles. The molecular weight excluding hydrogens is 338 g/mol. The van der Waals surface area contributed by atoms with Gasteiger partial charge in [0, 0.05) is 6.07 Å². The standard InChI is InChI=1S/C10H14N2O8P2/c1-20-7-2-3-9-8(4-7)11-6-12(9)5-10(13,21(14,15)16)22(17,18)19/h2-4,6,13H,5H2,1H3,(H2,14,15,16)(H2,17,18,19). The molecule has 5 N–H and O–H groups in total. The molecule has 122 valence electrons. The minimum absolute atomic E-state index is 0.320. The fourth-order valence-electron chi connectivity index (χ4n) is 1.88. The zero-order valence-corrected chi connectivity index (χ0v) is 13.1. The van der Waals surface area contributed by atoms with Crippen LogP contribution in [0.5, 0.6) is 5.75 Å². The molecule has 0 saturated carbocycles. The van der Waals surface area contributed by atoms with E-state index in [1.807, 2.05) is 0 Å². The Labute approximate surface area is 124 Å². The summed E-state index contributed by atoms with van der Waals surface area (Å²) in [7, 11) is -9.61. The van der Waals surface area contributed by atoms with Crippen molar-refractivity contribution in [3.63, 3.8) is 0 Å². The van der Waals surface area contributed by atoms with Crippen molar-refractivity contribution in [3.8, 4) is 5.75 Å². The Bertz CT molecular complexity index is 769. The minimum Gasteiger partial charge on any atom is -0.497 e. The normalized spacial score (nSPS) is 13.5. The Morgan fingerprint density at radius 3 is 2.32 bits per heavy atom. The molecule has 1 heterocycles. The van der Waals surface area contributed by atoms with Crippen LogP contribution in [0.1, 0.15) is 0 Å². The predicted molar refractivity (Wildman–Crippen MR) is 75.3 cm³/mol. The molecule has 2 rings (SSSR count).